The number of ether oxygens (including phenoxy) is 2. The van der Waals surface area contributed by atoms with Crippen LogP contribution in [0, 0.1) is 5.41 Å². The van der Waals surface area contributed by atoms with Gasteiger partial charge in [0.1, 0.15) is 0 Å². The lowest BCUT2D eigenvalue weighted by molar-refractivity contribution is -0.0708. The van der Waals surface area contributed by atoms with Crippen LogP contribution in [-0.4, -0.2) is 37.0 Å². The Morgan fingerprint density at radius 1 is 1.06 bits per heavy atom. The zero-order valence-electron chi connectivity index (χ0n) is 12.6. The van der Waals surface area contributed by atoms with E-state index in [2.05, 4.69) is 39.9 Å². The SMILES string of the molecule is CC1(CNC2CC(C)(C)OC2(C)C)CCOCC1. The molecule has 2 saturated heterocycles. The predicted octanol–water partition coefficient (Wildman–Crippen LogP) is 2.74. The molecule has 1 unspecified atom stereocenters. The fourth-order valence-electron chi connectivity index (χ4n) is 3.29. The van der Waals surface area contributed by atoms with E-state index >= 15 is 0 Å². The van der Waals surface area contributed by atoms with Crippen molar-refractivity contribution in [3.63, 3.8) is 0 Å². The van der Waals surface area contributed by atoms with Crippen molar-refractivity contribution < 1.29 is 9.47 Å². The van der Waals surface area contributed by atoms with Crippen LogP contribution < -0.4 is 5.32 Å². The summed E-state index contributed by atoms with van der Waals surface area (Å²) in [5, 5.41) is 3.76. The Morgan fingerprint density at radius 2 is 1.67 bits per heavy atom. The first-order chi connectivity index (χ1) is 8.23. The molecule has 18 heavy (non-hydrogen) atoms. The van der Waals surface area contributed by atoms with E-state index < -0.39 is 0 Å². The van der Waals surface area contributed by atoms with E-state index in [9.17, 15) is 0 Å². The van der Waals surface area contributed by atoms with Gasteiger partial charge in [-0.1, -0.05) is 6.92 Å². The van der Waals surface area contributed by atoms with Gasteiger partial charge in [-0.15, -0.1) is 0 Å². The highest BCUT2D eigenvalue weighted by Crippen LogP contribution is 2.38. The van der Waals surface area contributed by atoms with E-state index in [1.165, 1.54) is 0 Å². The molecule has 2 rings (SSSR count). The Balaban J connectivity index is 1.90. The minimum atomic E-state index is -0.0645. The first-order valence-electron chi connectivity index (χ1n) is 7.24. The van der Waals surface area contributed by atoms with Gasteiger partial charge in [-0.05, 0) is 52.4 Å². The van der Waals surface area contributed by atoms with Gasteiger partial charge in [-0.25, -0.2) is 0 Å². The fraction of sp³-hybridized carbons (Fsp3) is 1.00. The van der Waals surface area contributed by atoms with Crippen LogP contribution in [-0.2, 0) is 9.47 Å². The topological polar surface area (TPSA) is 30.5 Å². The van der Waals surface area contributed by atoms with Crippen LogP contribution in [0.15, 0.2) is 0 Å². The van der Waals surface area contributed by atoms with Crippen molar-refractivity contribution in [2.24, 2.45) is 5.41 Å². The largest absolute Gasteiger partial charge is 0.381 e. The highest BCUT2D eigenvalue weighted by molar-refractivity contribution is 4.99. The summed E-state index contributed by atoms with van der Waals surface area (Å²) in [6.45, 7) is 14.0. The first kappa shape index (κ1) is 14.3. The summed E-state index contributed by atoms with van der Waals surface area (Å²) in [6, 6.07) is 0.451. The molecule has 0 aliphatic carbocycles. The zero-order valence-corrected chi connectivity index (χ0v) is 12.6. The van der Waals surface area contributed by atoms with Crippen molar-refractivity contribution in [3.8, 4) is 0 Å². The standard InChI is InChI=1S/C15H29NO2/c1-13(2)10-12(14(3,4)18-13)16-11-15(5)6-8-17-9-7-15/h12,16H,6-11H2,1-5H3. The minimum Gasteiger partial charge on any atom is -0.381 e. The summed E-state index contributed by atoms with van der Waals surface area (Å²) in [4.78, 5) is 0. The second-order valence-corrected chi connectivity index (χ2v) is 7.53. The van der Waals surface area contributed by atoms with Crippen molar-refractivity contribution in [2.45, 2.75) is 71.1 Å². The molecule has 2 aliphatic heterocycles. The van der Waals surface area contributed by atoms with Gasteiger partial charge in [0.05, 0.1) is 11.2 Å². The smallest absolute Gasteiger partial charge is 0.0787 e. The van der Waals surface area contributed by atoms with Crippen LogP contribution >= 0.6 is 0 Å². The van der Waals surface area contributed by atoms with E-state index in [0.29, 0.717) is 11.5 Å². The third-order valence-electron chi connectivity index (χ3n) is 4.55. The third-order valence-corrected chi connectivity index (χ3v) is 4.55. The minimum absolute atomic E-state index is 0.00223. The molecule has 0 spiro atoms. The summed E-state index contributed by atoms with van der Waals surface area (Å²) in [5.41, 5.74) is 0.323. The summed E-state index contributed by atoms with van der Waals surface area (Å²) in [6.07, 6.45) is 3.42. The Morgan fingerprint density at radius 3 is 2.17 bits per heavy atom. The molecular weight excluding hydrogens is 226 g/mol. The summed E-state index contributed by atoms with van der Waals surface area (Å²) in [5.74, 6) is 0. The lowest BCUT2D eigenvalue weighted by Gasteiger charge is -2.36. The molecule has 2 aliphatic rings. The van der Waals surface area contributed by atoms with E-state index in [1.807, 2.05) is 0 Å². The van der Waals surface area contributed by atoms with Gasteiger partial charge in [0.25, 0.3) is 0 Å². The molecule has 2 fully saturated rings. The molecule has 1 N–H and O–H groups in total. The van der Waals surface area contributed by atoms with Gasteiger partial charge in [-0.2, -0.15) is 0 Å². The average Bonchev–Trinajstić information content (AvgIpc) is 2.45. The van der Waals surface area contributed by atoms with Gasteiger partial charge in [0.15, 0.2) is 0 Å². The van der Waals surface area contributed by atoms with Gasteiger partial charge in [0, 0.05) is 25.8 Å². The molecule has 0 aromatic rings. The molecule has 3 nitrogen and oxygen atoms in total. The molecule has 0 aromatic heterocycles. The third kappa shape index (κ3) is 3.25. The molecule has 0 saturated carbocycles. The number of hydrogen-bond donors (Lipinski definition) is 1. The van der Waals surface area contributed by atoms with Gasteiger partial charge in [-0.3, -0.25) is 0 Å². The highest BCUT2D eigenvalue weighted by Gasteiger charge is 2.46. The molecule has 1 atom stereocenters. The maximum Gasteiger partial charge on any atom is 0.0787 e. The lowest BCUT2D eigenvalue weighted by atomic mass is 9.81. The molecule has 0 bridgehead atoms. The molecule has 106 valence electrons. The van der Waals surface area contributed by atoms with Gasteiger partial charge in [0.2, 0.25) is 0 Å². The summed E-state index contributed by atoms with van der Waals surface area (Å²) < 4.78 is 11.6. The van der Waals surface area contributed by atoms with Crippen molar-refractivity contribution in [1.29, 1.82) is 0 Å². The molecule has 0 amide bonds. The maximum absolute atomic E-state index is 6.13. The zero-order chi connectivity index (χ0) is 13.4. The molecule has 0 radical (unpaired) electrons. The summed E-state index contributed by atoms with van der Waals surface area (Å²) >= 11 is 0. The van der Waals surface area contributed by atoms with Crippen molar-refractivity contribution in [3.05, 3.63) is 0 Å². The summed E-state index contributed by atoms with van der Waals surface area (Å²) in [7, 11) is 0. The second-order valence-electron chi connectivity index (χ2n) is 7.53. The van der Waals surface area contributed by atoms with Crippen molar-refractivity contribution in [1.82, 2.24) is 5.32 Å². The van der Waals surface area contributed by atoms with E-state index in [4.69, 9.17) is 9.47 Å². The lowest BCUT2D eigenvalue weighted by Crippen LogP contribution is -2.48. The fourth-order valence-corrected chi connectivity index (χ4v) is 3.29. The number of hydrogen-bond acceptors (Lipinski definition) is 3. The van der Waals surface area contributed by atoms with Crippen LogP contribution in [0.4, 0.5) is 0 Å². The van der Waals surface area contributed by atoms with E-state index in [-0.39, 0.29) is 11.2 Å². The normalized spacial score (nSPS) is 33.5. The molecule has 0 aromatic carbocycles. The monoisotopic (exact) mass is 255 g/mol. The quantitative estimate of drug-likeness (QED) is 0.841. The Bertz CT molecular complexity index is 293. The van der Waals surface area contributed by atoms with Crippen LogP contribution in [0.3, 0.4) is 0 Å². The number of rotatable bonds is 3. The predicted molar refractivity (Wildman–Crippen MR) is 73.8 cm³/mol. The van der Waals surface area contributed by atoms with Crippen LogP contribution in [0.1, 0.15) is 53.9 Å². The van der Waals surface area contributed by atoms with Crippen molar-refractivity contribution >= 4 is 0 Å². The Hall–Kier alpha value is -0.120. The molecule has 3 heteroatoms. The van der Waals surface area contributed by atoms with E-state index in [0.717, 1.165) is 39.0 Å². The van der Waals surface area contributed by atoms with Crippen LogP contribution in [0.5, 0.6) is 0 Å². The van der Waals surface area contributed by atoms with Crippen molar-refractivity contribution in [2.75, 3.05) is 19.8 Å². The van der Waals surface area contributed by atoms with Gasteiger partial charge < -0.3 is 14.8 Å². The first-order valence-corrected chi connectivity index (χ1v) is 7.24. The number of nitrogens with one attached hydrogen (secondary N) is 1. The second kappa shape index (κ2) is 4.77. The molecule has 2 heterocycles. The van der Waals surface area contributed by atoms with Crippen LogP contribution in [0.2, 0.25) is 0 Å². The average molecular weight is 255 g/mol. The van der Waals surface area contributed by atoms with Crippen LogP contribution in [0.25, 0.3) is 0 Å². The maximum atomic E-state index is 6.13. The van der Waals surface area contributed by atoms with Gasteiger partial charge >= 0.3 is 0 Å². The highest BCUT2D eigenvalue weighted by atomic mass is 16.5. The Labute approximate surface area is 112 Å². The van der Waals surface area contributed by atoms with E-state index in [1.54, 1.807) is 0 Å². The Kier molecular flexibility index (Phi) is 3.79. The molecular formula is C15H29NO2.